The Labute approximate surface area is 147 Å². The van der Waals surface area contributed by atoms with E-state index >= 15 is 0 Å². The molecule has 0 amide bonds. The first-order valence-corrected chi connectivity index (χ1v) is 8.95. The van der Waals surface area contributed by atoms with E-state index in [-0.39, 0.29) is 11.9 Å². The number of carbonyl (C=O) groups is 1. The molecule has 2 aromatic rings. The maximum absolute atomic E-state index is 10.7. The van der Waals surface area contributed by atoms with Gasteiger partial charge in [0.2, 0.25) is 0 Å². The number of hydrogen-bond acceptors (Lipinski definition) is 9. The van der Waals surface area contributed by atoms with Crippen molar-refractivity contribution in [3.05, 3.63) is 12.7 Å². The Bertz CT molecular complexity index is 756. The molecule has 25 heavy (non-hydrogen) atoms. The number of carboxylic acid groups (broad SMARTS) is 1. The summed E-state index contributed by atoms with van der Waals surface area (Å²) in [6.45, 7) is 0. The maximum atomic E-state index is 10.7. The van der Waals surface area contributed by atoms with Crippen LogP contribution < -0.4 is 11.5 Å². The van der Waals surface area contributed by atoms with Crippen LogP contribution in [0.25, 0.3) is 11.2 Å². The molecule has 3 heterocycles. The van der Waals surface area contributed by atoms with Gasteiger partial charge >= 0.3 is 5.97 Å². The van der Waals surface area contributed by atoms with Crippen molar-refractivity contribution in [1.82, 2.24) is 19.5 Å². The van der Waals surface area contributed by atoms with Gasteiger partial charge in [0.1, 0.15) is 24.0 Å². The first-order chi connectivity index (χ1) is 12.0. The van der Waals surface area contributed by atoms with E-state index in [1.165, 1.54) is 12.7 Å². The van der Waals surface area contributed by atoms with Crippen molar-refractivity contribution in [2.75, 3.05) is 17.2 Å². The molecule has 0 radical (unpaired) electrons. The minimum Gasteiger partial charge on any atom is -0.480 e. The predicted molar refractivity (Wildman–Crippen MR) is 91.8 cm³/mol. The number of rotatable bonds is 7. The number of thioether (sulfide) groups is 1. The van der Waals surface area contributed by atoms with Gasteiger partial charge in [0.05, 0.1) is 12.4 Å². The van der Waals surface area contributed by atoms with Gasteiger partial charge in [-0.25, -0.2) is 15.0 Å². The summed E-state index contributed by atoms with van der Waals surface area (Å²) in [5.41, 5.74) is 12.2. The van der Waals surface area contributed by atoms with Crippen LogP contribution in [0.2, 0.25) is 0 Å². The minimum absolute atomic E-state index is 0.150. The zero-order chi connectivity index (χ0) is 18.0. The highest BCUT2D eigenvalue weighted by Crippen LogP contribution is 2.32. The lowest BCUT2D eigenvalue weighted by atomic mass is 10.2. The van der Waals surface area contributed by atoms with Crippen LogP contribution in [0, 0.1) is 0 Å². The van der Waals surface area contributed by atoms with E-state index in [1.54, 1.807) is 16.3 Å². The molecule has 4 unspecified atom stereocenters. The number of aliphatic hydroxyl groups is 1. The van der Waals surface area contributed by atoms with Crippen LogP contribution in [0.3, 0.4) is 0 Å². The number of imidazole rings is 1. The van der Waals surface area contributed by atoms with Gasteiger partial charge in [-0.2, -0.15) is 11.8 Å². The Morgan fingerprint density at radius 1 is 1.48 bits per heavy atom. The quantitative estimate of drug-likeness (QED) is 0.472. The number of aliphatic carboxylic acids is 1. The van der Waals surface area contributed by atoms with E-state index in [0.717, 1.165) is 0 Å². The van der Waals surface area contributed by atoms with Gasteiger partial charge in [0, 0.05) is 12.2 Å². The molecular formula is C14H20N6O4S. The summed E-state index contributed by atoms with van der Waals surface area (Å²) in [5.74, 6) is 0.537. The van der Waals surface area contributed by atoms with Crippen LogP contribution in [0.1, 0.15) is 19.1 Å². The Morgan fingerprint density at radius 2 is 2.28 bits per heavy atom. The standard InChI is InChI=1S/C14H20N6O4S/c15-8(14(22)23)1-2-25-4-7-3-9(21)13(24-7)20-6-19-10-11(16)17-5-18-12(10)20/h5-9,13,21H,1-4,15H2,(H,22,23)(H2,16,17,18). The maximum Gasteiger partial charge on any atom is 0.320 e. The van der Waals surface area contributed by atoms with E-state index in [1.807, 2.05) is 0 Å². The predicted octanol–water partition coefficient (Wildman–Crippen LogP) is -0.408. The summed E-state index contributed by atoms with van der Waals surface area (Å²) < 4.78 is 7.58. The van der Waals surface area contributed by atoms with Crippen molar-refractivity contribution in [3.63, 3.8) is 0 Å². The molecule has 10 nitrogen and oxygen atoms in total. The first kappa shape index (κ1) is 17.9. The molecule has 0 aromatic carbocycles. The fraction of sp³-hybridized carbons (Fsp3) is 0.571. The third-order valence-electron chi connectivity index (χ3n) is 4.02. The van der Waals surface area contributed by atoms with Gasteiger partial charge in [0.15, 0.2) is 17.7 Å². The molecule has 1 fully saturated rings. The smallest absolute Gasteiger partial charge is 0.320 e. The lowest BCUT2D eigenvalue weighted by molar-refractivity contribution is -0.138. The lowest BCUT2D eigenvalue weighted by Crippen LogP contribution is -2.30. The second-order valence-corrected chi connectivity index (χ2v) is 6.99. The molecule has 6 N–H and O–H groups in total. The number of hydrogen-bond donors (Lipinski definition) is 4. The number of fused-ring (bicyclic) bond motifs is 1. The summed E-state index contributed by atoms with van der Waals surface area (Å²) in [4.78, 5) is 22.9. The molecule has 1 saturated heterocycles. The van der Waals surface area contributed by atoms with Gasteiger partial charge < -0.3 is 26.4 Å². The zero-order valence-corrected chi connectivity index (χ0v) is 14.2. The average molecular weight is 368 g/mol. The average Bonchev–Trinajstić information content (AvgIpc) is 3.15. The van der Waals surface area contributed by atoms with Gasteiger partial charge in [-0.05, 0) is 12.2 Å². The molecule has 4 atom stereocenters. The van der Waals surface area contributed by atoms with Crippen molar-refractivity contribution in [2.45, 2.75) is 37.3 Å². The Balaban J connectivity index is 1.58. The Hall–Kier alpha value is -1.95. The number of nitrogen functional groups attached to an aromatic ring is 1. The van der Waals surface area contributed by atoms with Crippen molar-refractivity contribution in [1.29, 1.82) is 0 Å². The monoisotopic (exact) mass is 368 g/mol. The van der Waals surface area contributed by atoms with Crippen LogP contribution in [-0.2, 0) is 9.53 Å². The van der Waals surface area contributed by atoms with E-state index in [0.29, 0.717) is 35.5 Å². The molecule has 11 heteroatoms. The first-order valence-electron chi connectivity index (χ1n) is 7.80. The highest BCUT2D eigenvalue weighted by molar-refractivity contribution is 7.99. The van der Waals surface area contributed by atoms with Crippen molar-refractivity contribution in [3.8, 4) is 0 Å². The fourth-order valence-electron chi connectivity index (χ4n) is 2.69. The van der Waals surface area contributed by atoms with Crippen LogP contribution in [-0.4, -0.2) is 65.5 Å². The summed E-state index contributed by atoms with van der Waals surface area (Å²) in [5, 5.41) is 19.1. The molecule has 1 aliphatic heterocycles. The second-order valence-electron chi connectivity index (χ2n) is 5.84. The molecule has 1 aliphatic rings. The minimum atomic E-state index is -0.999. The lowest BCUT2D eigenvalue weighted by Gasteiger charge is -2.16. The van der Waals surface area contributed by atoms with Gasteiger partial charge in [0.25, 0.3) is 0 Å². The van der Waals surface area contributed by atoms with Crippen LogP contribution in [0.5, 0.6) is 0 Å². The fourth-order valence-corrected chi connectivity index (χ4v) is 3.76. The second kappa shape index (κ2) is 7.52. The highest BCUT2D eigenvalue weighted by Gasteiger charge is 2.36. The molecule has 0 saturated carbocycles. The van der Waals surface area contributed by atoms with Crippen molar-refractivity contribution in [2.24, 2.45) is 5.73 Å². The van der Waals surface area contributed by atoms with Gasteiger partial charge in [-0.3, -0.25) is 9.36 Å². The van der Waals surface area contributed by atoms with Gasteiger partial charge in [-0.1, -0.05) is 0 Å². The SMILES string of the molecule is Nc1ncnc2c1ncn2C1OC(CSCCC(N)C(=O)O)CC1O. The Kier molecular flexibility index (Phi) is 5.37. The molecular weight excluding hydrogens is 348 g/mol. The van der Waals surface area contributed by atoms with E-state index < -0.39 is 24.3 Å². The summed E-state index contributed by atoms with van der Waals surface area (Å²) in [6.07, 6.45) is 2.31. The molecule has 0 aliphatic carbocycles. The normalized spacial score (nSPS) is 24.6. The number of aromatic nitrogens is 4. The van der Waals surface area contributed by atoms with Crippen LogP contribution in [0.15, 0.2) is 12.7 Å². The topological polar surface area (TPSA) is 162 Å². The zero-order valence-electron chi connectivity index (χ0n) is 13.4. The third-order valence-corrected chi connectivity index (χ3v) is 5.15. The summed E-state index contributed by atoms with van der Waals surface area (Å²) in [6, 6.07) is -0.849. The molecule has 136 valence electrons. The Morgan fingerprint density at radius 3 is 3.04 bits per heavy atom. The van der Waals surface area contributed by atoms with E-state index in [9.17, 15) is 9.90 Å². The molecule has 0 spiro atoms. The number of anilines is 1. The largest absolute Gasteiger partial charge is 0.480 e. The number of nitrogens with zero attached hydrogens (tertiary/aromatic N) is 4. The third kappa shape index (κ3) is 3.84. The van der Waals surface area contributed by atoms with Crippen molar-refractivity contribution >= 4 is 34.7 Å². The van der Waals surface area contributed by atoms with E-state index in [2.05, 4.69) is 15.0 Å². The number of carboxylic acids is 1. The van der Waals surface area contributed by atoms with Crippen molar-refractivity contribution < 1.29 is 19.7 Å². The molecule has 2 aromatic heterocycles. The molecule has 0 bridgehead atoms. The summed E-state index contributed by atoms with van der Waals surface area (Å²) in [7, 11) is 0. The highest BCUT2D eigenvalue weighted by atomic mass is 32.2. The number of ether oxygens (including phenoxy) is 1. The number of aliphatic hydroxyl groups excluding tert-OH is 1. The van der Waals surface area contributed by atoms with Crippen LogP contribution in [0.4, 0.5) is 5.82 Å². The number of nitrogens with two attached hydrogens (primary N) is 2. The summed E-state index contributed by atoms with van der Waals surface area (Å²) >= 11 is 1.55. The van der Waals surface area contributed by atoms with Gasteiger partial charge in [-0.15, -0.1) is 0 Å². The van der Waals surface area contributed by atoms with E-state index in [4.69, 9.17) is 21.3 Å². The molecule has 3 rings (SSSR count). The van der Waals surface area contributed by atoms with Crippen LogP contribution >= 0.6 is 11.8 Å².